The average molecular weight is 179 g/mol. The largest absolute Gasteiger partial charge is 0.394 e. The molecule has 71 valence electrons. The van der Waals surface area contributed by atoms with Crippen LogP contribution in [0, 0.1) is 0 Å². The molecule has 6 heteroatoms. The number of rotatable bonds is 1. The van der Waals surface area contributed by atoms with Crippen molar-refractivity contribution < 1.29 is 30.3 Å². The second-order valence-corrected chi connectivity index (χ2v) is 2.70. The molecule has 1 saturated heterocycles. The molecule has 0 saturated carbocycles. The summed E-state index contributed by atoms with van der Waals surface area (Å²) < 4.78 is 4.46. The Morgan fingerprint density at radius 1 is 1.08 bits per heavy atom. The van der Waals surface area contributed by atoms with Gasteiger partial charge in [0.15, 0.2) is 0 Å². The third-order valence-corrected chi connectivity index (χ3v) is 1.85. The van der Waals surface area contributed by atoms with Crippen molar-refractivity contribution in [2.24, 2.45) is 0 Å². The molecule has 0 aromatic carbocycles. The maximum absolute atomic E-state index is 10.7. The van der Waals surface area contributed by atoms with Gasteiger partial charge in [-0.1, -0.05) is 0 Å². The highest BCUT2D eigenvalue weighted by atomic mass is 16.6. The average Bonchev–Trinajstić information content (AvgIpc) is 2.08. The summed E-state index contributed by atoms with van der Waals surface area (Å²) in [7, 11) is 0. The Balaban J connectivity index is 2.63. The minimum atomic E-state index is -1.82. The first-order valence-corrected chi connectivity index (χ1v) is 3.54. The number of ether oxygens (including phenoxy) is 1. The van der Waals surface area contributed by atoms with Crippen molar-refractivity contribution in [3.63, 3.8) is 0 Å². The summed E-state index contributed by atoms with van der Waals surface area (Å²) in [5.74, 6) is 0. The molecule has 1 radical (unpaired) electrons. The fraction of sp³-hybridized carbons (Fsp3) is 1.00. The summed E-state index contributed by atoms with van der Waals surface area (Å²) in [5, 5.41) is 46.3. The third-order valence-electron chi connectivity index (χ3n) is 1.85. The van der Waals surface area contributed by atoms with Gasteiger partial charge in [-0.05, 0) is 0 Å². The van der Waals surface area contributed by atoms with Crippen molar-refractivity contribution in [2.45, 2.75) is 30.7 Å². The molecule has 1 aliphatic rings. The molecule has 12 heavy (non-hydrogen) atoms. The molecule has 0 amide bonds. The van der Waals surface area contributed by atoms with E-state index in [0.29, 0.717) is 0 Å². The van der Waals surface area contributed by atoms with Gasteiger partial charge in [-0.15, -0.1) is 0 Å². The van der Waals surface area contributed by atoms with E-state index in [1.165, 1.54) is 0 Å². The lowest BCUT2D eigenvalue weighted by atomic mass is 10.00. The number of hydrogen-bond acceptors (Lipinski definition) is 5. The summed E-state index contributed by atoms with van der Waals surface area (Å²) >= 11 is 0. The first-order chi connectivity index (χ1) is 5.57. The Labute approximate surface area is 68.6 Å². The van der Waals surface area contributed by atoms with Crippen LogP contribution < -0.4 is 0 Å². The summed E-state index contributed by atoms with van der Waals surface area (Å²) in [6, 6.07) is 0. The first-order valence-electron chi connectivity index (χ1n) is 3.54. The minimum Gasteiger partial charge on any atom is -0.394 e. The van der Waals surface area contributed by atoms with E-state index in [9.17, 15) is 5.11 Å². The molecule has 1 rings (SSSR count). The van der Waals surface area contributed by atoms with Crippen LogP contribution >= 0.6 is 0 Å². The van der Waals surface area contributed by atoms with E-state index < -0.39 is 37.3 Å². The summed E-state index contributed by atoms with van der Waals surface area (Å²) in [6.07, 6.45) is -7.57. The minimum absolute atomic E-state index is 0.566. The van der Waals surface area contributed by atoms with Crippen molar-refractivity contribution in [1.29, 1.82) is 0 Å². The fourth-order valence-electron chi connectivity index (χ4n) is 1.07. The third kappa shape index (κ3) is 1.58. The molecule has 6 nitrogen and oxygen atoms in total. The Bertz CT molecular complexity index is 146. The van der Waals surface area contributed by atoms with Crippen LogP contribution in [-0.2, 0) is 9.84 Å². The van der Waals surface area contributed by atoms with Gasteiger partial charge in [-0.2, -0.15) is 5.11 Å². The molecule has 0 bridgehead atoms. The van der Waals surface area contributed by atoms with E-state index in [-0.39, 0.29) is 0 Å². The molecule has 0 aromatic heterocycles. The second kappa shape index (κ2) is 3.65. The monoisotopic (exact) mass is 179 g/mol. The molecule has 1 heterocycles. The predicted molar refractivity (Wildman–Crippen MR) is 34.5 cm³/mol. The summed E-state index contributed by atoms with van der Waals surface area (Å²) in [4.78, 5) is 0. The standard InChI is InChI=1S/C6H11O6/c7-1-2-3(8)4(9)5(10)6(11)12-2/h2-10H,1H2/t2-,3+,4+,5-,6?/m1/s1. The van der Waals surface area contributed by atoms with E-state index in [4.69, 9.17) is 20.4 Å². The van der Waals surface area contributed by atoms with Gasteiger partial charge in [0.25, 0.3) is 0 Å². The van der Waals surface area contributed by atoms with Crippen LogP contribution in [0.4, 0.5) is 0 Å². The molecule has 0 spiro atoms. The van der Waals surface area contributed by atoms with E-state index in [1.807, 2.05) is 0 Å². The van der Waals surface area contributed by atoms with Gasteiger partial charge < -0.3 is 25.2 Å². The lowest BCUT2D eigenvalue weighted by Crippen LogP contribution is -2.58. The smallest absolute Gasteiger partial charge is 0.220 e. The van der Waals surface area contributed by atoms with Crippen molar-refractivity contribution in [1.82, 2.24) is 0 Å². The van der Waals surface area contributed by atoms with Crippen LogP contribution in [0.2, 0.25) is 0 Å². The van der Waals surface area contributed by atoms with E-state index in [2.05, 4.69) is 4.74 Å². The van der Waals surface area contributed by atoms with Gasteiger partial charge in [0.2, 0.25) is 6.29 Å². The first kappa shape index (κ1) is 9.85. The van der Waals surface area contributed by atoms with Crippen LogP contribution in [-0.4, -0.2) is 57.7 Å². The van der Waals surface area contributed by atoms with Crippen molar-refractivity contribution in [2.75, 3.05) is 6.61 Å². The van der Waals surface area contributed by atoms with E-state index >= 15 is 0 Å². The maximum atomic E-state index is 10.7. The van der Waals surface area contributed by atoms with Crippen LogP contribution in [0.3, 0.4) is 0 Å². The van der Waals surface area contributed by atoms with Crippen LogP contribution in [0.25, 0.3) is 0 Å². The number of aliphatic hydroxyl groups is 4. The molecule has 0 aromatic rings. The fourth-order valence-corrected chi connectivity index (χ4v) is 1.07. The van der Waals surface area contributed by atoms with Crippen molar-refractivity contribution in [3.8, 4) is 0 Å². The summed E-state index contributed by atoms with van der Waals surface area (Å²) in [5.41, 5.74) is 0. The van der Waals surface area contributed by atoms with E-state index in [1.54, 1.807) is 0 Å². The molecule has 5 atom stereocenters. The number of hydrogen-bond donors (Lipinski definition) is 4. The zero-order valence-electron chi connectivity index (χ0n) is 6.20. The van der Waals surface area contributed by atoms with E-state index in [0.717, 1.165) is 0 Å². The normalized spacial score (nSPS) is 49.2. The zero-order chi connectivity index (χ0) is 9.30. The van der Waals surface area contributed by atoms with Gasteiger partial charge >= 0.3 is 0 Å². The molecular formula is C6H11O6. The topological polar surface area (TPSA) is 110 Å². The van der Waals surface area contributed by atoms with Gasteiger partial charge in [0.1, 0.15) is 24.4 Å². The van der Waals surface area contributed by atoms with Gasteiger partial charge in [-0.25, -0.2) is 0 Å². The second-order valence-electron chi connectivity index (χ2n) is 2.70. The maximum Gasteiger partial charge on any atom is 0.220 e. The molecule has 1 fully saturated rings. The highest BCUT2D eigenvalue weighted by molar-refractivity contribution is 4.87. The zero-order valence-corrected chi connectivity index (χ0v) is 6.20. The van der Waals surface area contributed by atoms with Crippen molar-refractivity contribution >= 4 is 0 Å². The van der Waals surface area contributed by atoms with Crippen molar-refractivity contribution in [3.05, 3.63) is 0 Å². The molecule has 1 aliphatic heterocycles. The molecule has 4 N–H and O–H groups in total. The predicted octanol–water partition coefficient (Wildman–Crippen LogP) is -2.78. The van der Waals surface area contributed by atoms with Gasteiger partial charge in [0, 0.05) is 0 Å². The highest BCUT2D eigenvalue weighted by Crippen LogP contribution is 2.19. The SMILES string of the molecule is [O]C1O[C@H](CO)[C@H](O)[C@H](O)[C@H]1O. The van der Waals surface area contributed by atoms with Gasteiger partial charge in [0.05, 0.1) is 6.61 Å². The van der Waals surface area contributed by atoms with Crippen LogP contribution in [0.5, 0.6) is 0 Å². The lowest BCUT2D eigenvalue weighted by Gasteiger charge is -2.36. The molecule has 0 aliphatic carbocycles. The molecular weight excluding hydrogens is 168 g/mol. The Kier molecular flexibility index (Phi) is 2.99. The van der Waals surface area contributed by atoms with Crippen LogP contribution in [0.1, 0.15) is 0 Å². The Morgan fingerprint density at radius 2 is 1.67 bits per heavy atom. The lowest BCUT2D eigenvalue weighted by molar-refractivity contribution is -0.303. The Hall–Kier alpha value is -0.240. The quantitative estimate of drug-likeness (QED) is 0.348. The van der Waals surface area contributed by atoms with Crippen LogP contribution in [0.15, 0.2) is 0 Å². The molecule has 1 unspecified atom stereocenters. The Morgan fingerprint density at radius 3 is 2.17 bits per heavy atom. The number of aliphatic hydroxyl groups excluding tert-OH is 4. The van der Waals surface area contributed by atoms with Gasteiger partial charge in [-0.3, -0.25) is 0 Å². The summed E-state index contributed by atoms with van der Waals surface area (Å²) in [6.45, 7) is -0.566. The highest BCUT2D eigenvalue weighted by Gasteiger charge is 2.43.